The Morgan fingerprint density at radius 3 is 3.06 bits per heavy atom. The molecule has 6 heteroatoms. The molecule has 16 heavy (non-hydrogen) atoms. The van der Waals surface area contributed by atoms with Gasteiger partial charge in [-0.3, -0.25) is 4.40 Å². The summed E-state index contributed by atoms with van der Waals surface area (Å²) in [6, 6.07) is 5.47. The van der Waals surface area contributed by atoms with Crippen molar-refractivity contribution in [3.63, 3.8) is 0 Å². The summed E-state index contributed by atoms with van der Waals surface area (Å²) in [5, 5.41) is 9.12. The van der Waals surface area contributed by atoms with Crippen LogP contribution in [0.4, 0.5) is 0 Å². The summed E-state index contributed by atoms with van der Waals surface area (Å²) < 4.78 is 1.76. The molecule has 0 aromatic carbocycles. The molecule has 2 N–H and O–H groups in total. The first-order valence-corrected chi connectivity index (χ1v) is 4.94. The van der Waals surface area contributed by atoms with Crippen molar-refractivity contribution in [2.75, 3.05) is 0 Å². The lowest BCUT2D eigenvalue weighted by Gasteiger charge is -1.91. The highest BCUT2D eigenvalue weighted by Gasteiger charge is 2.20. The Morgan fingerprint density at radius 2 is 2.31 bits per heavy atom. The summed E-state index contributed by atoms with van der Waals surface area (Å²) in [4.78, 5) is 18.1. The lowest BCUT2D eigenvalue weighted by molar-refractivity contribution is 0.0699. The number of rotatable bonds is 1. The third-order valence-corrected chi connectivity index (χ3v) is 2.71. The third-order valence-electron chi connectivity index (χ3n) is 2.43. The lowest BCUT2D eigenvalue weighted by atomic mass is 10.3. The summed E-state index contributed by atoms with van der Waals surface area (Å²) in [6.45, 7) is 0. The van der Waals surface area contributed by atoms with Crippen molar-refractivity contribution in [2.45, 2.75) is 0 Å². The van der Waals surface area contributed by atoms with Gasteiger partial charge in [0.25, 0.3) is 0 Å². The van der Waals surface area contributed by atoms with Crippen molar-refractivity contribution in [2.24, 2.45) is 0 Å². The van der Waals surface area contributed by atoms with E-state index in [0.717, 1.165) is 0 Å². The van der Waals surface area contributed by atoms with E-state index in [2.05, 4.69) is 9.97 Å². The Hall–Kier alpha value is -2.01. The lowest BCUT2D eigenvalue weighted by Crippen LogP contribution is -1.95. The molecule has 80 valence electrons. The minimum Gasteiger partial charge on any atom is -0.478 e. The zero-order chi connectivity index (χ0) is 11.3. The molecule has 0 saturated carbocycles. The van der Waals surface area contributed by atoms with Crippen molar-refractivity contribution < 1.29 is 9.90 Å². The van der Waals surface area contributed by atoms with Crippen LogP contribution < -0.4 is 0 Å². The standard InChI is InChI=1S/C10H6ClN3O2/c11-8-6(10(15)16)7-9(13-8)14-4-2-1-3-5(14)12-7/h1-4,13H,(H,15,16). The molecule has 3 aromatic rings. The highest BCUT2D eigenvalue weighted by molar-refractivity contribution is 6.34. The zero-order valence-electron chi connectivity index (χ0n) is 7.94. The fourth-order valence-electron chi connectivity index (χ4n) is 1.76. The van der Waals surface area contributed by atoms with Crippen molar-refractivity contribution in [3.05, 3.63) is 35.1 Å². The van der Waals surface area contributed by atoms with Crippen molar-refractivity contribution in [1.82, 2.24) is 14.4 Å². The number of nitrogens with zero attached hydrogens (tertiary/aromatic N) is 2. The first-order valence-electron chi connectivity index (χ1n) is 4.56. The number of H-pyrrole nitrogens is 1. The first kappa shape index (κ1) is 9.23. The highest BCUT2D eigenvalue weighted by Crippen LogP contribution is 2.26. The van der Waals surface area contributed by atoms with Crippen LogP contribution >= 0.6 is 11.6 Å². The van der Waals surface area contributed by atoms with E-state index in [-0.39, 0.29) is 10.7 Å². The van der Waals surface area contributed by atoms with Gasteiger partial charge in [0, 0.05) is 6.20 Å². The number of halogens is 1. The number of aromatic nitrogens is 3. The molecule has 0 aliphatic heterocycles. The normalized spacial score (nSPS) is 11.3. The topological polar surface area (TPSA) is 70.4 Å². The van der Waals surface area contributed by atoms with Crippen LogP contribution in [0.5, 0.6) is 0 Å². The Labute approximate surface area is 94.3 Å². The molecule has 3 rings (SSSR count). The van der Waals surface area contributed by atoms with Crippen LogP contribution in [-0.4, -0.2) is 25.4 Å². The molecule has 3 heterocycles. The molecule has 5 nitrogen and oxygen atoms in total. The van der Waals surface area contributed by atoms with Gasteiger partial charge in [-0.05, 0) is 12.1 Å². The second-order valence-corrected chi connectivity index (χ2v) is 3.73. The fourth-order valence-corrected chi connectivity index (χ4v) is 2.02. The molecule has 0 aliphatic rings. The quantitative estimate of drug-likeness (QED) is 0.679. The van der Waals surface area contributed by atoms with Gasteiger partial charge in [-0.1, -0.05) is 17.7 Å². The van der Waals surface area contributed by atoms with E-state index in [1.54, 1.807) is 16.7 Å². The van der Waals surface area contributed by atoms with E-state index in [9.17, 15) is 4.79 Å². The largest absolute Gasteiger partial charge is 0.478 e. The summed E-state index contributed by atoms with van der Waals surface area (Å²) in [7, 11) is 0. The SMILES string of the molecule is O=C(O)c1c(Cl)[nH]c2c1nc1ccccn12. The first-order chi connectivity index (χ1) is 7.68. The van der Waals surface area contributed by atoms with E-state index in [4.69, 9.17) is 16.7 Å². The van der Waals surface area contributed by atoms with Crippen LogP contribution in [-0.2, 0) is 0 Å². The van der Waals surface area contributed by atoms with Crippen LogP contribution in [0.2, 0.25) is 5.15 Å². The zero-order valence-corrected chi connectivity index (χ0v) is 8.69. The van der Waals surface area contributed by atoms with E-state index in [0.29, 0.717) is 16.8 Å². The van der Waals surface area contributed by atoms with Gasteiger partial charge >= 0.3 is 5.97 Å². The Kier molecular flexibility index (Phi) is 1.73. The van der Waals surface area contributed by atoms with Gasteiger partial charge in [-0.25, -0.2) is 9.78 Å². The maximum atomic E-state index is 11.0. The molecule has 0 amide bonds. The minimum absolute atomic E-state index is 0.0142. The average molecular weight is 236 g/mol. The fraction of sp³-hybridized carbons (Fsp3) is 0. The molecule has 0 aliphatic carbocycles. The van der Waals surface area contributed by atoms with Gasteiger partial charge in [0.1, 0.15) is 27.5 Å². The monoisotopic (exact) mass is 235 g/mol. The van der Waals surface area contributed by atoms with Gasteiger partial charge in [0.2, 0.25) is 0 Å². The second-order valence-electron chi connectivity index (χ2n) is 3.36. The average Bonchev–Trinajstić information content (AvgIpc) is 2.71. The smallest absolute Gasteiger partial charge is 0.341 e. The summed E-state index contributed by atoms with van der Waals surface area (Å²) >= 11 is 5.81. The number of imidazole rings is 1. The third kappa shape index (κ3) is 1.06. The minimum atomic E-state index is -1.08. The molecule has 0 saturated heterocycles. The van der Waals surface area contributed by atoms with Gasteiger partial charge in [0.05, 0.1) is 0 Å². The van der Waals surface area contributed by atoms with E-state index in [1.165, 1.54) is 0 Å². The number of carbonyl (C=O) groups is 1. The van der Waals surface area contributed by atoms with E-state index >= 15 is 0 Å². The Balaban J connectivity index is 2.53. The van der Waals surface area contributed by atoms with E-state index < -0.39 is 5.97 Å². The molecule has 0 unspecified atom stereocenters. The maximum absolute atomic E-state index is 11.0. The van der Waals surface area contributed by atoms with Gasteiger partial charge in [-0.15, -0.1) is 0 Å². The summed E-state index contributed by atoms with van der Waals surface area (Å²) in [5.74, 6) is -1.08. The number of aromatic amines is 1. The van der Waals surface area contributed by atoms with Gasteiger partial charge < -0.3 is 10.1 Å². The number of hydrogen-bond donors (Lipinski definition) is 2. The number of nitrogens with one attached hydrogen (secondary N) is 1. The summed E-state index contributed by atoms with van der Waals surface area (Å²) in [6.07, 6.45) is 1.79. The van der Waals surface area contributed by atoms with E-state index in [1.807, 2.05) is 12.1 Å². The Bertz CT molecular complexity index is 713. The van der Waals surface area contributed by atoms with Gasteiger partial charge in [-0.2, -0.15) is 0 Å². The van der Waals surface area contributed by atoms with Crippen LogP contribution in [0.25, 0.3) is 16.8 Å². The molecule has 0 radical (unpaired) electrons. The van der Waals surface area contributed by atoms with Crippen molar-refractivity contribution in [1.29, 1.82) is 0 Å². The number of pyridine rings is 1. The Morgan fingerprint density at radius 1 is 1.50 bits per heavy atom. The van der Waals surface area contributed by atoms with Crippen molar-refractivity contribution >= 4 is 34.4 Å². The molecule has 0 fully saturated rings. The number of fused-ring (bicyclic) bond motifs is 3. The molecule has 0 atom stereocenters. The number of carboxylic acids is 1. The van der Waals surface area contributed by atoms with Crippen molar-refractivity contribution in [3.8, 4) is 0 Å². The predicted molar refractivity (Wildman–Crippen MR) is 59.0 cm³/mol. The van der Waals surface area contributed by atoms with Crippen LogP contribution in [0.3, 0.4) is 0 Å². The number of carboxylic acid groups (broad SMARTS) is 1. The van der Waals surface area contributed by atoms with Crippen LogP contribution in [0.1, 0.15) is 10.4 Å². The molecule has 0 spiro atoms. The van der Waals surface area contributed by atoms with Gasteiger partial charge in [0.15, 0.2) is 0 Å². The number of aromatic carboxylic acids is 1. The predicted octanol–water partition coefficient (Wildman–Crippen LogP) is 2.17. The number of hydrogen-bond acceptors (Lipinski definition) is 2. The molecular weight excluding hydrogens is 230 g/mol. The second kappa shape index (κ2) is 2.99. The maximum Gasteiger partial charge on any atom is 0.341 e. The molecular formula is C10H6ClN3O2. The van der Waals surface area contributed by atoms with Crippen LogP contribution in [0, 0.1) is 0 Å². The van der Waals surface area contributed by atoms with Crippen LogP contribution in [0.15, 0.2) is 24.4 Å². The highest BCUT2D eigenvalue weighted by atomic mass is 35.5. The molecule has 3 aromatic heterocycles. The summed E-state index contributed by atoms with van der Waals surface area (Å²) in [5.41, 5.74) is 1.67. The molecule has 0 bridgehead atoms.